The van der Waals surface area contributed by atoms with Gasteiger partial charge in [-0.2, -0.15) is 0 Å². The molecular formula is C35H58O7. The first-order chi connectivity index (χ1) is 19.7. The Morgan fingerprint density at radius 1 is 1.00 bits per heavy atom. The highest BCUT2D eigenvalue weighted by Crippen LogP contribution is 2.69. The minimum absolute atomic E-state index is 0.215. The third-order valence-electron chi connectivity index (χ3n) is 13.4. The van der Waals surface area contributed by atoms with Crippen molar-refractivity contribution in [1.29, 1.82) is 0 Å². The molecule has 0 aromatic rings. The molecule has 1 aliphatic heterocycles. The predicted octanol–water partition coefficient (Wildman–Crippen LogP) is 4.19. The molecule has 15 atom stereocenters. The van der Waals surface area contributed by atoms with Crippen LogP contribution in [0.3, 0.4) is 0 Å². The third kappa shape index (κ3) is 4.98. The molecule has 5 rings (SSSR count). The zero-order valence-corrected chi connectivity index (χ0v) is 26.7. The van der Waals surface area contributed by atoms with Crippen LogP contribution in [0.4, 0.5) is 0 Å². The second kappa shape index (κ2) is 11.9. The van der Waals surface area contributed by atoms with E-state index in [2.05, 4.69) is 59.8 Å². The van der Waals surface area contributed by atoms with E-state index >= 15 is 0 Å². The van der Waals surface area contributed by atoms with Gasteiger partial charge < -0.3 is 35.4 Å². The van der Waals surface area contributed by atoms with Crippen LogP contribution in [0.15, 0.2) is 23.8 Å². The molecule has 7 heteroatoms. The number of aliphatic hydroxyl groups is 6. The molecule has 7 nitrogen and oxygen atoms in total. The van der Waals surface area contributed by atoms with Gasteiger partial charge in [0.15, 0.2) is 5.79 Å². The van der Waals surface area contributed by atoms with E-state index in [0.717, 1.165) is 31.3 Å². The fourth-order valence-corrected chi connectivity index (χ4v) is 11.0. The summed E-state index contributed by atoms with van der Waals surface area (Å²) in [6.45, 7) is 13.4. The molecule has 0 aromatic carbocycles. The van der Waals surface area contributed by atoms with Gasteiger partial charge in [-0.05, 0) is 104 Å². The molecule has 6 N–H and O–H groups in total. The van der Waals surface area contributed by atoms with E-state index in [0.29, 0.717) is 41.9 Å². The maximum absolute atomic E-state index is 12.1. The molecule has 1 heterocycles. The van der Waals surface area contributed by atoms with Crippen molar-refractivity contribution in [2.45, 2.75) is 129 Å². The van der Waals surface area contributed by atoms with Crippen LogP contribution in [0, 0.1) is 58.2 Å². The molecule has 4 aliphatic carbocycles. The Morgan fingerprint density at radius 2 is 1.71 bits per heavy atom. The summed E-state index contributed by atoms with van der Waals surface area (Å²) in [5.74, 6) is 0.687. The van der Waals surface area contributed by atoms with E-state index in [1.807, 2.05) is 0 Å². The molecule has 3 saturated carbocycles. The normalized spacial score (nSPS) is 50.6. The Balaban J connectivity index is 1.45. The van der Waals surface area contributed by atoms with E-state index in [9.17, 15) is 30.6 Å². The molecule has 0 amide bonds. The fourth-order valence-electron chi connectivity index (χ4n) is 11.0. The summed E-state index contributed by atoms with van der Waals surface area (Å²) in [5, 5.41) is 65.3. The maximum atomic E-state index is 12.1. The van der Waals surface area contributed by atoms with Crippen LogP contribution in [0.1, 0.15) is 92.9 Å². The van der Waals surface area contributed by atoms with Gasteiger partial charge in [-0.1, -0.05) is 65.3 Å². The highest BCUT2D eigenvalue weighted by molar-refractivity contribution is 5.29. The van der Waals surface area contributed by atoms with Crippen molar-refractivity contribution in [3.05, 3.63) is 23.8 Å². The van der Waals surface area contributed by atoms with Crippen LogP contribution in [-0.4, -0.2) is 73.6 Å². The summed E-state index contributed by atoms with van der Waals surface area (Å²) in [6, 6.07) is 0. The van der Waals surface area contributed by atoms with Gasteiger partial charge in [0, 0.05) is 5.92 Å². The number of allylic oxidation sites excluding steroid dienone is 3. The van der Waals surface area contributed by atoms with Crippen LogP contribution in [0.5, 0.6) is 0 Å². The average molecular weight is 591 g/mol. The van der Waals surface area contributed by atoms with Crippen LogP contribution < -0.4 is 0 Å². The lowest BCUT2D eigenvalue weighted by Crippen LogP contribution is -2.71. The summed E-state index contributed by atoms with van der Waals surface area (Å²) in [6.07, 6.45) is 7.73. The first kappa shape index (κ1) is 32.6. The number of fused-ring (bicyclic) bond motifs is 5. The number of rotatable bonds is 7. The third-order valence-corrected chi connectivity index (χ3v) is 13.4. The smallest absolute Gasteiger partial charge is 0.198 e. The average Bonchev–Trinajstić information content (AvgIpc) is 3.31. The minimum atomic E-state index is -2.21. The molecule has 7 unspecified atom stereocenters. The van der Waals surface area contributed by atoms with Crippen LogP contribution >= 0.6 is 0 Å². The van der Waals surface area contributed by atoms with Gasteiger partial charge in [-0.3, -0.25) is 0 Å². The van der Waals surface area contributed by atoms with E-state index in [1.165, 1.54) is 12.8 Å². The fraction of sp³-hybridized carbons (Fsp3) is 0.886. The lowest BCUT2D eigenvalue weighted by atomic mass is 9.43. The monoisotopic (exact) mass is 590 g/mol. The molecule has 4 fully saturated rings. The highest BCUT2D eigenvalue weighted by Gasteiger charge is 2.67. The van der Waals surface area contributed by atoms with E-state index in [-0.39, 0.29) is 17.8 Å². The van der Waals surface area contributed by atoms with Gasteiger partial charge in [0.1, 0.15) is 24.4 Å². The Labute approximate surface area is 253 Å². The Bertz CT molecular complexity index is 1020. The van der Waals surface area contributed by atoms with Crippen molar-refractivity contribution in [3.63, 3.8) is 0 Å². The lowest BCUT2D eigenvalue weighted by Gasteiger charge is -2.63. The zero-order valence-electron chi connectivity index (χ0n) is 26.7. The van der Waals surface area contributed by atoms with Crippen molar-refractivity contribution >= 4 is 0 Å². The molecule has 42 heavy (non-hydrogen) atoms. The zero-order chi connectivity index (χ0) is 30.8. The van der Waals surface area contributed by atoms with Crippen molar-refractivity contribution in [2.75, 3.05) is 6.61 Å². The highest BCUT2D eigenvalue weighted by atomic mass is 16.7. The Morgan fingerprint density at radius 3 is 2.36 bits per heavy atom. The first-order valence-electron chi connectivity index (χ1n) is 16.8. The summed E-state index contributed by atoms with van der Waals surface area (Å²) in [5.41, 5.74) is 0.776. The summed E-state index contributed by atoms with van der Waals surface area (Å²) >= 11 is 0. The maximum Gasteiger partial charge on any atom is 0.198 e. The van der Waals surface area contributed by atoms with E-state index in [1.54, 1.807) is 0 Å². The number of aliphatic hydroxyl groups excluding tert-OH is 5. The molecule has 240 valence electrons. The van der Waals surface area contributed by atoms with E-state index < -0.39 is 54.2 Å². The molecule has 1 saturated heterocycles. The van der Waals surface area contributed by atoms with Gasteiger partial charge in [0.2, 0.25) is 0 Å². The van der Waals surface area contributed by atoms with Crippen LogP contribution in [0.2, 0.25) is 0 Å². The first-order valence-corrected chi connectivity index (χ1v) is 16.8. The second-order valence-electron chi connectivity index (χ2n) is 15.6. The molecule has 0 radical (unpaired) electrons. The number of hydrogen-bond donors (Lipinski definition) is 6. The topological polar surface area (TPSA) is 131 Å². The van der Waals surface area contributed by atoms with Gasteiger partial charge in [-0.15, -0.1) is 0 Å². The summed E-state index contributed by atoms with van der Waals surface area (Å²) in [4.78, 5) is 0. The Hall–Kier alpha value is -0.800. The summed E-state index contributed by atoms with van der Waals surface area (Å²) in [7, 11) is 0. The minimum Gasteiger partial charge on any atom is -0.394 e. The van der Waals surface area contributed by atoms with Gasteiger partial charge in [0.25, 0.3) is 0 Å². The van der Waals surface area contributed by atoms with Crippen molar-refractivity contribution in [1.82, 2.24) is 0 Å². The second-order valence-corrected chi connectivity index (χ2v) is 15.6. The van der Waals surface area contributed by atoms with Gasteiger partial charge in [-0.25, -0.2) is 0 Å². The largest absolute Gasteiger partial charge is 0.394 e. The molecule has 0 aromatic heterocycles. The van der Waals surface area contributed by atoms with E-state index in [4.69, 9.17) is 4.74 Å². The predicted molar refractivity (Wildman–Crippen MR) is 162 cm³/mol. The molecule has 5 aliphatic rings. The van der Waals surface area contributed by atoms with Crippen molar-refractivity contribution in [2.24, 2.45) is 58.2 Å². The quantitative estimate of drug-likeness (QED) is 0.245. The van der Waals surface area contributed by atoms with Gasteiger partial charge in [0.05, 0.1) is 12.7 Å². The number of hydrogen-bond acceptors (Lipinski definition) is 7. The molecule has 0 spiro atoms. The molecule has 0 bridgehead atoms. The Kier molecular flexibility index (Phi) is 9.19. The molecular weight excluding hydrogens is 532 g/mol. The van der Waals surface area contributed by atoms with Crippen LogP contribution in [-0.2, 0) is 4.74 Å². The lowest BCUT2D eigenvalue weighted by molar-refractivity contribution is -0.384. The van der Waals surface area contributed by atoms with Crippen LogP contribution in [0.25, 0.3) is 0 Å². The number of ether oxygens (including phenoxy) is 1. The SMILES string of the molecule is CCC(/C=C/[C@@H](C)[C@H]1CC[C@H]2[C@@H]3CC=C4C[C@@H](O)CC(C5(O)OC(CO)C(O)C(O)C5O)[C@]4(C)[C@H]3CC[C@]12C)C(C)C. The van der Waals surface area contributed by atoms with Crippen molar-refractivity contribution in [3.8, 4) is 0 Å². The summed E-state index contributed by atoms with van der Waals surface area (Å²) < 4.78 is 5.93. The van der Waals surface area contributed by atoms with Crippen molar-refractivity contribution < 1.29 is 35.4 Å². The van der Waals surface area contributed by atoms with Gasteiger partial charge >= 0.3 is 0 Å². The standard InChI is InChI=1S/C35H58O7/c1-7-21(19(2)3)9-8-20(4)25-12-13-26-24-11-10-22-16-23(37)17-29(34(22,6)27(24)14-15-33(25,26)5)35(41)32(40)31(39)30(38)28(18-36)42-35/h8-10,19-21,23-32,36-41H,7,11-18H2,1-6H3/b9-8+/t20-,21?,23-,24+,25-,26+,27+,28?,29?,30?,31?,32?,33-,34+,35?/m1/s1.